The van der Waals surface area contributed by atoms with Gasteiger partial charge in [-0.25, -0.2) is 0 Å². The standard InChI is InChI=1S/C13H27NO2.C11H21NO.C11H22O2.2C10H19NO.C10H20O.C7H12O/c1-13(2,3)11-5-7-14(8-6-11)9-12(15)10-16-4;1-10(2,3)8-11(9(12)13)6-4-5-7-11;1-11(2,3)6-10(12)8-13-7-9-4-5-9;1-10(2,3)8-5-6-9(12)11(4)7-8;1-8(12)11-6-5-9(7-11)10(2,3)4;1-10(2,3)8-4-6-9(11)7-5-8;1-6-2-3-7(4-6)5-8/h11-12,15H,5-10H2,1-4H3;4-8H2,1-3H3,(H2,12,13);9-10,12H,4-8H2,1-3H3;8H,5-7H2,1-4H3;9H,5-7H2,1-4H3;8-9,11H,4-7H2,1-3H3;2-3,6-8H,4-5H2,1H3/t;;;;;;6-,7+/m......1/s1. The summed E-state index contributed by atoms with van der Waals surface area (Å²) in [5, 5.41) is 37.2. The fraction of sp³-hybridized carbons (Fsp3) is 0.931. The molecule has 6 fully saturated rings. The van der Waals surface area contributed by atoms with Crippen LogP contribution in [0.4, 0.5) is 0 Å². The van der Waals surface area contributed by atoms with Crippen molar-refractivity contribution in [3.63, 3.8) is 0 Å². The third-order valence-corrected chi connectivity index (χ3v) is 19.1. The molecule has 0 aromatic rings. The van der Waals surface area contributed by atoms with Gasteiger partial charge in [0.2, 0.25) is 17.7 Å². The Hall–Kier alpha value is -2.13. The predicted octanol–water partition coefficient (Wildman–Crippen LogP) is 14.0. The number of carbonyl (C=O) groups is 3. The zero-order chi connectivity index (χ0) is 65.4. The van der Waals surface area contributed by atoms with Gasteiger partial charge in [-0.05, 0) is 177 Å². The number of aliphatic hydroxyl groups is 4. The van der Waals surface area contributed by atoms with Crippen LogP contribution < -0.4 is 5.73 Å². The van der Waals surface area contributed by atoms with E-state index in [1.807, 2.05) is 16.8 Å². The van der Waals surface area contributed by atoms with Crippen molar-refractivity contribution in [3.05, 3.63) is 12.2 Å². The number of piperidine rings is 2. The van der Waals surface area contributed by atoms with E-state index in [9.17, 15) is 29.7 Å². The van der Waals surface area contributed by atoms with Crippen LogP contribution in [-0.4, -0.2) is 151 Å². The second-order valence-corrected chi connectivity index (χ2v) is 34.1. The first-order valence-electron chi connectivity index (χ1n) is 33.8. The molecule has 7 rings (SSSR count). The van der Waals surface area contributed by atoms with Crippen LogP contribution in [0.2, 0.25) is 0 Å². The summed E-state index contributed by atoms with van der Waals surface area (Å²) in [5.41, 5.74) is 7.29. The smallest absolute Gasteiger partial charge is 0.223 e. The molecule has 0 radical (unpaired) electrons. The molecule has 13 heteroatoms. The van der Waals surface area contributed by atoms with E-state index in [1.165, 1.54) is 57.8 Å². The maximum atomic E-state index is 11.4. The van der Waals surface area contributed by atoms with Gasteiger partial charge in [0.25, 0.3) is 0 Å². The van der Waals surface area contributed by atoms with Gasteiger partial charge in [0.15, 0.2) is 0 Å². The molecular weight excluding hydrogens is 1060 g/mol. The van der Waals surface area contributed by atoms with Gasteiger partial charge < -0.3 is 50.3 Å². The molecular formula is C72H140N4O9. The number of rotatable bonds is 12. The fourth-order valence-electron chi connectivity index (χ4n) is 13.1. The minimum atomic E-state index is -0.337. The van der Waals surface area contributed by atoms with Gasteiger partial charge in [0.1, 0.15) is 0 Å². The van der Waals surface area contributed by atoms with Crippen molar-refractivity contribution < 1.29 is 44.3 Å². The number of nitrogens with zero attached hydrogens (tertiary/aromatic N) is 3. The molecule has 0 spiro atoms. The molecule has 4 aliphatic carbocycles. The van der Waals surface area contributed by atoms with Crippen LogP contribution in [0.5, 0.6) is 0 Å². The molecule has 0 aromatic heterocycles. The molecule has 3 saturated carbocycles. The summed E-state index contributed by atoms with van der Waals surface area (Å²) < 4.78 is 10.4. The first-order chi connectivity index (χ1) is 38.9. The highest BCUT2D eigenvalue weighted by Crippen LogP contribution is 2.46. The lowest BCUT2D eigenvalue weighted by atomic mass is 9.72. The molecule has 502 valence electrons. The van der Waals surface area contributed by atoms with E-state index >= 15 is 0 Å². The van der Waals surface area contributed by atoms with Crippen molar-refractivity contribution in [1.82, 2.24) is 14.7 Å². The fourth-order valence-corrected chi connectivity index (χ4v) is 13.1. The van der Waals surface area contributed by atoms with Crippen LogP contribution in [0.15, 0.2) is 12.2 Å². The summed E-state index contributed by atoms with van der Waals surface area (Å²) >= 11 is 0. The minimum absolute atomic E-state index is 0.00593. The lowest BCUT2D eigenvalue weighted by molar-refractivity contribution is -0.134. The van der Waals surface area contributed by atoms with E-state index in [-0.39, 0.29) is 46.4 Å². The van der Waals surface area contributed by atoms with Gasteiger partial charge in [-0.15, -0.1) is 0 Å². The van der Waals surface area contributed by atoms with Gasteiger partial charge in [0, 0.05) is 78.2 Å². The topological polar surface area (TPSA) is 186 Å². The Morgan fingerprint density at radius 3 is 1.53 bits per heavy atom. The molecule has 3 heterocycles. The Labute approximate surface area is 523 Å². The second-order valence-electron chi connectivity index (χ2n) is 34.1. The summed E-state index contributed by atoms with van der Waals surface area (Å²) in [6.45, 7) is 52.1. The zero-order valence-electron chi connectivity index (χ0n) is 59.5. The third-order valence-electron chi connectivity index (χ3n) is 19.1. The monoisotopic (exact) mass is 1210 g/mol. The summed E-state index contributed by atoms with van der Waals surface area (Å²) in [6, 6.07) is 0. The van der Waals surface area contributed by atoms with E-state index in [0.717, 1.165) is 121 Å². The van der Waals surface area contributed by atoms with Crippen LogP contribution in [0.3, 0.4) is 0 Å². The number of primary amides is 1. The van der Waals surface area contributed by atoms with E-state index in [2.05, 4.69) is 149 Å². The molecule has 4 unspecified atom stereocenters. The minimum Gasteiger partial charge on any atom is -0.396 e. The van der Waals surface area contributed by atoms with E-state index < -0.39 is 0 Å². The van der Waals surface area contributed by atoms with Crippen LogP contribution in [-0.2, 0) is 23.9 Å². The maximum absolute atomic E-state index is 11.4. The highest BCUT2D eigenvalue weighted by Gasteiger charge is 2.42. The lowest BCUT2D eigenvalue weighted by Gasteiger charge is -2.39. The Morgan fingerprint density at radius 1 is 0.671 bits per heavy atom. The molecule has 0 bridgehead atoms. The van der Waals surface area contributed by atoms with Crippen molar-refractivity contribution >= 4 is 17.7 Å². The van der Waals surface area contributed by atoms with Gasteiger partial charge in [-0.3, -0.25) is 14.4 Å². The predicted molar refractivity (Wildman–Crippen MR) is 355 cm³/mol. The first-order valence-corrected chi connectivity index (χ1v) is 33.8. The Bertz CT molecular complexity index is 1860. The number of hydrogen-bond donors (Lipinski definition) is 5. The van der Waals surface area contributed by atoms with Crippen LogP contribution >= 0.6 is 0 Å². The molecule has 3 amide bonds. The van der Waals surface area contributed by atoms with Crippen molar-refractivity contribution in [2.45, 2.75) is 272 Å². The normalized spacial score (nSPS) is 25.6. The molecule has 6 N–H and O–H groups in total. The second kappa shape index (κ2) is 37.3. The summed E-state index contributed by atoms with van der Waals surface area (Å²) in [5.74, 6) is 5.37. The number of amides is 3. The number of hydrogen-bond acceptors (Lipinski definition) is 10. The van der Waals surface area contributed by atoms with E-state index in [4.69, 9.17) is 20.3 Å². The number of ether oxygens (including phenoxy) is 2. The maximum Gasteiger partial charge on any atom is 0.223 e. The zero-order valence-corrected chi connectivity index (χ0v) is 59.5. The van der Waals surface area contributed by atoms with E-state index in [1.54, 1.807) is 14.0 Å². The molecule has 85 heavy (non-hydrogen) atoms. The SMILES string of the molecule is CC(=O)N1CCC(C(C)(C)C)C1.CC(C)(C)C1CCC(O)CC1.CC(C)(C)CC(O)COCC1CC1.CC(C)(C)CC1(C(N)=O)CCCC1.CN1CC(C(C)(C)C)CCC1=O.COCC(O)CN1CCC(C(C)(C)C)CC1.C[C@@H]1C=C[C@H](CO)C1. The number of allylic oxidation sites excluding steroid dienone is 1. The van der Waals surface area contributed by atoms with Crippen LogP contribution in [0, 0.1) is 79.3 Å². The number of methoxy groups -OCH3 is 1. The number of likely N-dealkylation sites (tertiary alicyclic amines) is 3. The summed E-state index contributed by atoms with van der Waals surface area (Å²) in [7, 11) is 3.54. The lowest BCUT2D eigenvalue weighted by Crippen LogP contribution is -2.42. The highest BCUT2D eigenvalue weighted by molar-refractivity contribution is 5.81. The average Bonchev–Trinajstić information content (AvgIpc) is 4.00. The molecule has 6 atom stereocenters. The highest BCUT2D eigenvalue weighted by atomic mass is 16.5. The quantitative estimate of drug-likeness (QED) is 0.118. The summed E-state index contributed by atoms with van der Waals surface area (Å²) in [6.07, 6.45) is 23.4. The van der Waals surface area contributed by atoms with E-state index in [0.29, 0.717) is 71.1 Å². The van der Waals surface area contributed by atoms with Gasteiger partial charge in [0.05, 0.1) is 31.5 Å². The largest absolute Gasteiger partial charge is 0.396 e. The van der Waals surface area contributed by atoms with Crippen LogP contribution in [0.1, 0.15) is 254 Å². The molecule has 3 aliphatic heterocycles. The molecule has 3 saturated heterocycles. The first kappa shape index (κ1) is 80.9. The summed E-state index contributed by atoms with van der Waals surface area (Å²) in [4.78, 5) is 39.8. The number of carbonyl (C=O) groups excluding carboxylic acids is 3. The Kier molecular flexibility index (Phi) is 35.5. The molecule has 0 aromatic carbocycles. The molecule has 7 aliphatic rings. The van der Waals surface area contributed by atoms with Crippen molar-refractivity contribution in [2.75, 3.05) is 79.9 Å². The van der Waals surface area contributed by atoms with Gasteiger partial charge >= 0.3 is 0 Å². The van der Waals surface area contributed by atoms with Crippen molar-refractivity contribution in [3.8, 4) is 0 Å². The number of nitrogens with two attached hydrogens (primary N) is 1. The Balaban J connectivity index is 0.000000499. The van der Waals surface area contributed by atoms with Crippen molar-refractivity contribution in [1.29, 1.82) is 0 Å². The van der Waals surface area contributed by atoms with Gasteiger partial charge in [-0.1, -0.05) is 157 Å². The third kappa shape index (κ3) is 35.7. The average molecular weight is 1210 g/mol. The number of β-amino-alcohol motifs (C(OH)–C–C–N with tert-alkyl or cyclic N) is 1. The van der Waals surface area contributed by atoms with Crippen LogP contribution in [0.25, 0.3) is 0 Å². The number of aliphatic hydroxyl groups excluding tert-OH is 4. The van der Waals surface area contributed by atoms with Gasteiger partial charge in [-0.2, -0.15) is 0 Å². The molecule has 13 nitrogen and oxygen atoms in total. The Morgan fingerprint density at radius 2 is 1.16 bits per heavy atom. The van der Waals surface area contributed by atoms with Crippen molar-refractivity contribution in [2.24, 2.45) is 85.1 Å².